The molecule has 0 atom stereocenters. The van der Waals surface area contributed by atoms with Crippen LogP contribution in [0, 0.1) is 5.82 Å². The van der Waals surface area contributed by atoms with E-state index >= 15 is 0 Å². The summed E-state index contributed by atoms with van der Waals surface area (Å²) in [6, 6.07) is 17.4. The molecular weight excluding hydrogens is 445 g/mol. The van der Waals surface area contributed by atoms with Crippen LogP contribution < -0.4 is 15.5 Å². The Morgan fingerprint density at radius 1 is 1.00 bits per heavy atom. The monoisotopic (exact) mass is 475 g/mol. The van der Waals surface area contributed by atoms with Crippen LogP contribution >= 0.6 is 0 Å². The summed E-state index contributed by atoms with van der Waals surface area (Å²) in [6.07, 6.45) is 3.70. The van der Waals surface area contributed by atoms with Crippen LogP contribution in [0.4, 0.5) is 21.6 Å². The van der Waals surface area contributed by atoms with E-state index in [1.807, 2.05) is 25.2 Å². The molecule has 2 amide bonds. The lowest BCUT2D eigenvalue weighted by atomic mass is 10.0. The molecule has 1 fully saturated rings. The molecule has 7 nitrogen and oxygen atoms in total. The van der Waals surface area contributed by atoms with Crippen molar-refractivity contribution in [2.24, 2.45) is 0 Å². The highest BCUT2D eigenvalue weighted by atomic mass is 19.1. The summed E-state index contributed by atoms with van der Waals surface area (Å²) in [5, 5.41) is 5.66. The number of nitrogens with one attached hydrogen (secondary N) is 2. The fourth-order valence-electron chi connectivity index (χ4n) is 4.30. The number of carbonyl (C=O) groups is 2. The van der Waals surface area contributed by atoms with Gasteiger partial charge in [-0.1, -0.05) is 12.1 Å². The second kappa shape index (κ2) is 11.1. The van der Waals surface area contributed by atoms with Crippen LogP contribution in [0.15, 0.2) is 66.9 Å². The van der Waals surface area contributed by atoms with E-state index in [9.17, 15) is 14.0 Å². The first-order valence-corrected chi connectivity index (χ1v) is 11.7. The molecule has 35 heavy (non-hydrogen) atoms. The van der Waals surface area contributed by atoms with Crippen molar-refractivity contribution in [1.82, 2.24) is 9.88 Å². The maximum atomic E-state index is 13.1. The molecule has 4 rings (SSSR count). The van der Waals surface area contributed by atoms with Gasteiger partial charge in [-0.2, -0.15) is 0 Å². The molecular formula is C27H30FN5O2. The van der Waals surface area contributed by atoms with E-state index in [2.05, 4.69) is 37.6 Å². The maximum absolute atomic E-state index is 13.1. The van der Waals surface area contributed by atoms with Crippen molar-refractivity contribution in [3.8, 4) is 0 Å². The quantitative estimate of drug-likeness (QED) is 0.525. The third-order valence-corrected chi connectivity index (χ3v) is 6.26. The van der Waals surface area contributed by atoms with Gasteiger partial charge >= 0.3 is 0 Å². The summed E-state index contributed by atoms with van der Waals surface area (Å²) >= 11 is 0. The van der Waals surface area contributed by atoms with Crippen molar-refractivity contribution < 1.29 is 14.0 Å². The minimum atomic E-state index is -0.375. The van der Waals surface area contributed by atoms with Gasteiger partial charge in [-0.15, -0.1) is 0 Å². The number of nitrogens with zero attached hydrogens (tertiary/aromatic N) is 3. The largest absolute Gasteiger partial charge is 0.357 e. The summed E-state index contributed by atoms with van der Waals surface area (Å²) in [6.45, 7) is 4.33. The molecule has 2 aromatic carbocycles. The number of anilines is 3. The van der Waals surface area contributed by atoms with Crippen LogP contribution in [0.2, 0.25) is 0 Å². The van der Waals surface area contributed by atoms with Crippen LogP contribution in [0.3, 0.4) is 0 Å². The first kappa shape index (κ1) is 24.3. The summed E-state index contributed by atoms with van der Waals surface area (Å²) in [7, 11) is 2.04. The third-order valence-electron chi connectivity index (χ3n) is 6.26. The molecule has 3 aromatic rings. The molecule has 0 aliphatic carbocycles. The van der Waals surface area contributed by atoms with E-state index in [1.165, 1.54) is 36.8 Å². The average molecular weight is 476 g/mol. The topological polar surface area (TPSA) is 77.6 Å². The van der Waals surface area contributed by atoms with Gasteiger partial charge in [0.1, 0.15) is 11.6 Å². The molecule has 2 heterocycles. The van der Waals surface area contributed by atoms with Gasteiger partial charge in [0.05, 0.1) is 0 Å². The van der Waals surface area contributed by atoms with Crippen LogP contribution in [-0.4, -0.2) is 47.9 Å². The van der Waals surface area contributed by atoms with E-state index in [1.54, 1.807) is 12.3 Å². The molecule has 2 N–H and O–H groups in total. The Balaban J connectivity index is 1.30. The highest BCUT2D eigenvalue weighted by Gasteiger charge is 2.23. The molecule has 0 unspecified atom stereocenters. The molecule has 1 aliphatic rings. The molecule has 1 aromatic heterocycles. The summed E-state index contributed by atoms with van der Waals surface area (Å²) < 4.78 is 13.1. The van der Waals surface area contributed by atoms with E-state index in [0.717, 1.165) is 44.0 Å². The minimum absolute atomic E-state index is 0.0702. The highest BCUT2D eigenvalue weighted by molar-refractivity contribution is 6.04. The van der Waals surface area contributed by atoms with Crippen LogP contribution in [0.5, 0.6) is 0 Å². The number of carbonyl (C=O) groups excluding carboxylic acids is 2. The molecule has 8 heteroatoms. The third kappa shape index (κ3) is 6.64. The zero-order valence-electron chi connectivity index (χ0n) is 20.0. The van der Waals surface area contributed by atoms with Crippen molar-refractivity contribution in [2.45, 2.75) is 32.4 Å². The normalized spacial score (nSPS) is 14.4. The first-order chi connectivity index (χ1) is 16.9. The zero-order chi connectivity index (χ0) is 24.8. The van der Waals surface area contributed by atoms with Crippen LogP contribution in [0.25, 0.3) is 0 Å². The van der Waals surface area contributed by atoms with Gasteiger partial charge < -0.3 is 15.5 Å². The Hall–Kier alpha value is -3.78. The SMILES string of the molecule is CC(=O)Nc1ccc(CN2CCC(N(C)c3cc(NC(=O)c4ccc(F)cc4)ccn3)CC2)cc1. The number of halogens is 1. The second-order valence-electron chi connectivity index (χ2n) is 8.86. The van der Waals surface area contributed by atoms with Crippen molar-refractivity contribution in [3.05, 3.63) is 83.8 Å². The van der Waals surface area contributed by atoms with Gasteiger partial charge in [-0.3, -0.25) is 14.5 Å². The molecule has 0 saturated carbocycles. The molecule has 1 aliphatic heterocycles. The van der Waals surface area contributed by atoms with Crippen molar-refractivity contribution in [1.29, 1.82) is 0 Å². The van der Waals surface area contributed by atoms with Crippen molar-refractivity contribution >= 4 is 29.0 Å². The van der Waals surface area contributed by atoms with Gasteiger partial charge in [0.25, 0.3) is 5.91 Å². The van der Waals surface area contributed by atoms with E-state index < -0.39 is 0 Å². The summed E-state index contributed by atoms with van der Waals surface area (Å²) in [5.74, 6) is 0.0663. The average Bonchev–Trinajstić information content (AvgIpc) is 2.85. The smallest absolute Gasteiger partial charge is 0.255 e. The zero-order valence-corrected chi connectivity index (χ0v) is 20.0. The number of hydrogen-bond donors (Lipinski definition) is 2. The summed E-state index contributed by atoms with van der Waals surface area (Å²) in [4.78, 5) is 32.8. The standard InChI is InChI=1S/C27H30FN5O2/c1-19(34)30-23-9-3-20(4-10-23)18-33-15-12-25(13-16-33)32(2)26-17-24(11-14-29-26)31-27(35)21-5-7-22(28)8-6-21/h3-11,14,17,25H,12-13,15-16,18H2,1-2H3,(H,30,34)(H,29,31,35). The number of amides is 2. The Labute approximate surface area is 205 Å². The number of piperidine rings is 1. The molecule has 182 valence electrons. The fourth-order valence-corrected chi connectivity index (χ4v) is 4.30. The molecule has 0 radical (unpaired) electrons. The van der Waals surface area contributed by atoms with E-state index in [0.29, 0.717) is 17.3 Å². The van der Waals surface area contributed by atoms with Crippen LogP contribution in [0.1, 0.15) is 35.7 Å². The Bertz CT molecular complexity index is 1160. The molecule has 0 bridgehead atoms. The predicted molar refractivity (Wildman–Crippen MR) is 136 cm³/mol. The number of pyridine rings is 1. The minimum Gasteiger partial charge on any atom is -0.357 e. The van der Waals surface area contributed by atoms with Gasteiger partial charge in [-0.05, 0) is 60.9 Å². The Morgan fingerprint density at radius 2 is 1.69 bits per heavy atom. The Morgan fingerprint density at radius 3 is 2.34 bits per heavy atom. The number of hydrogen-bond acceptors (Lipinski definition) is 5. The van der Waals surface area contributed by atoms with Gasteiger partial charge in [0.15, 0.2) is 0 Å². The lowest BCUT2D eigenvalue weighted by Gasteiger charge is -2.37. The second-order valence-corrected chi connectivity index (χ2v) is 8.86. The van der Waals surface area contributed by atoms with Gasteiger partial charge in [0, 0.05) is 68.8 Å². The number of benzene rings is 2. The Kier molecular flexibility index (Phi) is 7.72. The number of aromatic nitrogens is 1. The lowest BCUT2D eigenvalue weighted by Crippen LogP contribution is -2.43. The maximum Gasteiger partial charge on any atom is 0.255 e. The van der Waals surface area contributed by atoms with E-state index in [4.69, 9.17) is 0 Å². The molecule has 1 saturated heterocycles. The summed E-state index contributed by atoms with van der Waals surface area (Å²) in [5.41, 5.74) is 3.08. The number of likely N-dealkylation sites (tertiary alicyclic amines) is 1. The lowest BCUT2D eigenvalue weighted by molar-refractivity contribution is -0.114. The van der Waals surface area contributed by atoms with Crippen LogP contribution in [-0.2, 0) is 11.3 Å². The highest BCUT2D eigenvalue weighted by Crippen LogP contribution is 2.24. The predicted octanol–water partition coefficient (Wildman–Crippen LogP) is 4.53. The van der Waals surface area contributed by atoms with Crippen molar-refractivity contribution in [3.63, 3.8) is 0 Å². The fraction of sp³-hybridized carbons (Fsp3) is 0.296. The van der Waals surface area contributed by atoms with Gasteiger partial charge in [0.2, 0.25) is 5.91 Å². The van der Waals surface area contributed by atoms with Crippen molar-refractivity contribution in [2.75, 3.05) is 35.7 Å². The number of rotatable bonds is 7. The van der Waals surface area contributed by atoms with E-state index in [-0.39, 0.29) is 17.6 Å². The first-order valence-electron chi connectivity index (χ1n) is 11.7. The van der Waals surface area contributed by atoms with Gasteiger partial charge in [-0.25, -0.2) is 9.37 Å². The molecule has 0 spiro atoms.